The average molecular weight is 713 g/mol. The molecule has 1 N–H and O–H groups in total. The Morgan fingerprint density at radius 3 is 2.00 bits per heavy atom. The molecule has 4 rings (SSSR count). The summed E-state index contributed by atoms with van der Waals surface area (Å²) >= 11 is 18.1. The predicted molar refractivity (Wildman–Crippen MR) is 172 cm³/mol. The minimum atomic E-state index is -4.92. The van der Waals surface area contributed by atoms with Crippen LogP contribution in [-0.2, 0) is 38.8 Å². The second-order valence-electron chi connectivity index (χ2n) is 10.1. The molecule has 0 saturated heterocycles. The van der Waals surface area contributed by atoms with Gasteiger partial charge in [-0.2, -0.15) is 13.2 Å². The number of sulfonamides is 1. The van der Waals surface area contributed by atoms with Crippen LogP contribution in [0.2, 0.25) is 15.1 Å². The van der Waals surface area contributed by atoms with Crippen LogP contribution >= 0.6 is 34.8 Å². The molecular weight excluding hydrogens is 686 g/mol. The van der Waals surface area contributed by atoms with Crippen LogP contribution in [-0.4, -0.2) is 44.8 Å². The first-order chi connectivity index (χ1) is 21.7. The summed E-state index contributed by atoms with van der Waals surface area (Å²) in [5, 5.41) is 2.33. The van der Waals surface area contributed by atoms with Gasteiger partial charge in [0, 0.05) is 20.0 Å². The van der Waals surface area contributed by atoms with Crippen molar-refractivity contribution in [2.45, 2.75) is 30.1 Å². The van der Waals surface area contributed by atoms with Gasteiger partial charge in [-0.15, -0.1) is 0 Å². The zero-order chi connectivity index (χ0) is 33.6. The Kier molecular flexibility index (Phi) is 11.3. The van der Waals surface area contributed by atoms with Crippen molar-refractivity contribution in [2.24, 2.45) is 0 Å². The van der Waals surface area contributed by atoms with E-state index in [9.17, 15) is 31.2 Å². The molecule has 0 aliphatic carbocycles. The number of hydrogen-bond donors (Lipinski definition) is 1. The highest BCUT2D eigenvalue weighted by molar-refractivity contribution is 7.92. The van der Waals surface area contributed by atoms with E-state index in [0.29, 0.717) is 21.5 Å². The maximum atomic E-state index is 14.3. The molecule has 4 aromatic rings. The Labute approximate surface area is 279 Å². The van der Waals surface area contributed by atoms with Crippen LogP contribution in [0.5, 0.6) is 0 Å². The number of alkyl halides is 3. The molecule has 0 spiro atoms. The summed E-state index contributed by atoms with van der Waals surface area (Å²) in [5.74, 6) is -1.43. The standard InChI is InChI=1S/C32H27Cl3F3N3O4S/c1-39-31(43)29(17-21-8-4-2-5-9-21)40(19-22-12-14-27(34)28(35)16-22)30(42)20-41(46(44,45)24-10-6-3-7-11-24)23-13-15-26(33)25(18-23)32(36,37)38/h2-16,18,29H,17,19-20H2,1H3,(H,39,43)/t29-/m1/s1. The van der Waals surface area contributed by atoms with Gasteiger partial charge in [0.25, 0.3) is 10.0 Å². The summed E-state index contributed by atoms with van der Waals surface area (Å²) in [6.45, 7) is -1.17. The Bertz CT molecular complexity index is 1810. The van der Waals surface area contributed by atoms with Crippen molar-refractivity contribution in [3.63, 3.8) is 0 Å². The van der Waals surface area contributed by atoms with Crippen LogP contribution in [0.25, 0.3) is 0 Å². The molecule has 242 valence electrons. The normalized spacial score (nSPS) is 12.3. The van der Waals surface area contributed by atoms with E-state index >= 15 is 0 Å². The molecule has 7 nitrogen and oxygen atoms in total. The lowest BCUT2D eigenvalue weighted by atomic mass is 10.0. The van der Waals surface area contributed by atoms with Crippen molar-refractivity contribution in [3.8, 4) is 0 Å². The van der Waals surface area contributed by atoms with Gasteiger partial charge in [-0.1, -0.05) is 89.4 Å². The van der Waals surface area contributed by atoms with Crippen LogP contribution in [0.15, 0.2) is 102 Å². The maximum absolute atomic E-state index is 14.3. The van der Waals surface area contributed by atoms with E-state index in [1.54, 1.807) is 42.5 Å². The number of amides is 2. The van der Waals surface area contributed by atoms with Crippen molar-refractivity contribution >= 4 is 62.3 Å². The molecule has 0 unspecified atom stereocenters. The zero-order valence-corrected chi connectivity index (χ0v) is 27.2. The highest BCUT2D eigenvalue weighted by Gasteiger charge is 2.37. The molecule has 0 bridgehead atoms. The molecule has 0 saturated carbocycles. The summed E-state index contributed by atoms with van der Waals surface area (Å²) in [6, 6.07) is 21.8. The van der Waals surface area contributed by atoms with Crippen molar-refractivity contribution in [1.82, 2.24) is 10.2 Å². The summed E-state index contributed by atoms with van der Waals surface area (Å²) < 4.78 is 70.0. The lowest BCUT2D eigenvalue weighted by molar-refractivity contribution is -0.139. The Morgan fingerprint density at radius 1 is 0.804 bits per heavy atom. The second kappa shape index (κ2) is 14.8. The number of hydrogen-bond acceptors (Lipinski definition) is 4. The number of nitrogens with one attached hydrogen (secondary N) is 1. The summed E-state index contributed by atoms with van der Waals surface area (Å²) in [6.07, 6.45) is -4.88. The first-order valence-corrected chi connectivity index (χ1v) is 16.2. The number of nitrogens with zero attached hydrogens (tertiary/aromatic N) is 2. The SMILES string of the molecule is CNC(=O)[C@@H](Cc1ccccc1)N(Cc1ccc(Cl)c(Cl)c1)C(=O)CN(c1ccc(Cl)c(C(F)(F)F)c1)S(=O)(=O)c1ccccc1. The number of rotatable bonds is 11. The topological polar surface area (TPSA) is 86.8 Å². The number of carbonyl (C=O) groups excluding carboxylic acids is 2. The van der Waals surface area contributed by atoms with Gasteiger partial charge in [-0.3, -0.25) is 13.9 Å². The van der Waals surface area contributed by atoms with Gasteiger partial charge in [-0.25, -0.2) is 8.42 Å². The molecule has 0 aliphatic rings. The van der Waals surface area contributed by atoms with E-state index in [-0.39, 0.29) is 27.9 Å². The van der Waals surface area contributed by atoms with Crippen LogP contribution < -0.4 is 9.62 Å². The van der Waals surface area contributed by atoms with Gasteiger partial charge in [-0.05, 0) is 53.6 Å². The third kappa shape index (κ3) is 8.33. The van der Waals surface area contributed by atoms with E-state index in [4.69, 9.17) is 34.8 Å². The second-order valence-corrected chi connectivity index (χ2v) is 13.2. The van der Waals surface area contributed by atoms with Crippen molar-refractivity contribution in [1.29, 1.82) is 0 Å². The molecule has 0 aliphatic heterocycles. The molecule has 0 heterocycles. The van der Waals surface area contributed by atoms with Gasteiger partial charge in [0.2, 0.25) is 11.8 Å². The molecule has 14 heteroatoms. The fourth-order valence-electron chi connectivity index (χ4n) is 4.69. The lowest BCUT2D eigenvalue weighted by Crippen LogP contribution is -2.53. The van der Waals surface area contributed by atoms with Crippen LogP contribution in [0.4, 0.5) is 18.9 Å². The highest BCUT2D eigenvalue weighted by Crippen LogP contribution is 2.38. The quantitative estimate of drug-likeness (QED) is 0.178. The van der Waals surface area contributed by atoms with E-state index in [1.165, 1.54) is 48.3 Å². The minimum absolute atomic E-state index is 0.0399. The molecule has 1 atom stereocenters. The molecule has 0 aromatic heterocycles. The molecule has 2 amide bonds. The van der Waals surface area contributed by atoms with Crippen LogP contribution in [0, 0.1) is 0 Å². The van der Waals surface area contributed by atoms with Crippen molar-refractivity contribution in [2.75, 3.05) is 17.9 Å². The average Bonchev–Trinajstić information content (AvgIpc) is 3.03. The largest absolute Gasteiger partial charge is 0.417 e. The zero-order valence-electron chi connectivity index (χ0n) is 24.1. The van der Waals surface area contributed by atoms with Crippen molar-refractivity contribution in [3.05, 3.63) is 129 Å². The number of anilines is 1. The number of carbonyl (C=O) groups is 2. The molecule has 46 heavy (non-hydrogen) atoms. The van der Waals surface area contributed by atoms with Crippen LogP contribution in [0.1, 0.15) is 16.7 Å². The number of halogens is 6. The molecular formula is C32H27Cl3F3N3O4S. The monoisotopic (exact) mass is 711 g/mol. The van der Waals surface area contributed by atoms with Gasteiger partial charge < -0.3 is 10.2 Å². The Balaban J connectivity index is 1.85. The third-order valence-corrected chi connectivity index (χ3v) is 9.86. The Morgan fingerprint density at radius 2 is 1.41 bits per heavy atom. The number of likely N-dealkylation sites (N-methyl/N-ethyl adjacent to an activating group) is 1. The number of benzene rings is 4. The smallest absolute Gasteiger partial charge is 0.357 e. The third-order valence-electron chi connectivity index (χ3n) is 7.01. The van der Waals surface area contributed by atoms with E-state index in [0.717, 1.165) is 12.1 Å². The molecule has 0 fully saturated rings. The van der Waals surface area contributed by atoms with Gasteiger partial charge in [0.15, 0.2) is 0 Å². The van der Waals surface area contributed by atoms with Gasteiger partial charge in [0.05, 0.1) is 31.2 Å². The van der Waals surface area contributed by atoms with Gasteiger partial charge >= 0.3 is 6.18 Å². The van der Waals surface area contributed by atoms with Gasteiger partial charge in [0.1, 0.15) is 12.6 Å². The highest BCUT2D eigenvalue weighted by atomic mass is 35.5. The minimum Gasteiger partial charge on any atom is -0.357 e. The van der Waals surface area contributed by atoms with E-state index < -0.39 is 56.9 Å². The maximum Gasteiger partial charge on any atom is 0.417 e. The summed E-state index contributed by atoms with van der Waals surface area (Å²) in [5.41, 5.74) is -0.576. The molecule has 4 aromatic carbocycles. The fourth-order valence-corrected chi connectivity index (χ4v) is 6.66. The fraction of sp³-hybridized carbons (Fsp3) is 0.188. The molecule has 0 radical (unpaired) electrons. The van der Waals surface area contributed by atoms with Crippen molar-refractivity contribution < 1.29 is 31.2 Å². The van der Waals surface area contributed by atoms with E-state index in [2.05, 4.69) is 5.32 Å². The summed E-state index contributed by atoms with van der Waals surface area (Å²) in [7, 11) is -3.23. The van der Waals surface area contributed by atoms with E-state index in [1.807, 2.05) is 0 Å². The first-order valence-electron chi connectivity index (χ1n) is 13.7. The predicted octanol–water partition coefficient (Wildman–Crippen LogP) is 7.25. The summed E-state index contributed by atoms with van der Waals surface area (Å²) in [4.78, 5) is 28.5. The lowest BCUT2D eigenvalue weighted by Gasteiger charge is -2.33. The Hall–Kier alpha value is -3.77. The van der Waals surface area contributed by atoms with Crippen LogP contribution in [0.3, 0.4) is 0 Å². The first kappa shape index (κ1) is 35.1.